The lowest BCUT2D eigenvalue weighted by Gasteiger charge is -2.08. The molecule has 0 fully saturated rings. The molecule has 1 aromatic heterocycles. The van der Waals surface area contributed by atoms with Crippen molar-refractivity contribution in [3.63, 3.8) is 0 Å². The van der Waals surface area contributed by atoms with Crippen LogP contribution in [0.15, 0.2) is 84.9 Å². The van der Waals surface area contributed by atoms with E-state index in [1.807, 2.05) is 73.7 Å². The fourth-order valence-corrected chi connectivity index (χ4v) is 3.99. The molecule has 0 aliphatic carbocycles. The number of hydrogen-bond donors (Lipinski definition) is 1. The number of amides is 1. The van der Waals surface area contributed by atoms with Crippen LogP contribution < -0.4 is 5.32 Å². The second-order valence-electron chi connectivity index (χ2n) is 7.60. The highest BCUT2D eigenvalue weighted by Crippen LogP contribution is 2.27. The maximum absolute atomic E-state index is 13.2. The quantitative estimate of drug-likeness (QED) is 0.307. The van der Waals surface area contributed by atoms with E-state index in [9.17, 15) is 4.79 Å². The number of carbonyl (C=O) groups excluding carboxylic acids is 1. The molecule has 5 aromatic rings. The van der Waals surface area contributed by atoms with E-state index in [4.69, 9.17) is 23.2 Å². The molecule has 0 spiro atoms. The van der Waals surface area contributed by atoms with Crippen LogP contribution in [0.5, 0.6) is 0 Å². The monoisotopic (exact) mass is 472 g/mol. The minimum absolute atomic E-state index is 0.0367. The minimum atomic E-state index is -0.411. The summed E-state index contributed by atoms with van der Waals surface area (Å²) in [6.07, 6.45) is 0. The zero-order valence-corrected chi connectivity index (χ0v) is 19.1. The normalized spacial score (nSPS) is 11.0. The van der Waals surface area contributed by atoms with E-state index in [1.165, 1.54) is 0 Å². The molecule has 0 atom stereocenters. The molecular weight excluding hydrogens is 455 g/mol. The molecule has 1 N–H and O–H groups in total. The highest BCUT2D eigenvalue weighted by molar-refractivity contribution is 6.31. The Morgan fingerprint density at radius 1 is 0.909 bits per heavy atom. The van der Waals surface area contributed by atoms with Crippen LogP contribution in [0.1, 0.15) is 16.2 Å². The van der Waals surface area contributed by atoms with Crippen LogP contribution in [0.3, 0.4) is 0 Å². The fraction of sp³-hybridized carbons (Fsp3) is 0.0385. The summed E-state index contributed by atoms with van der Waals surface area (Å²) in [5.74, 6) is 0.113. The number of anilines is 1. The van der Waals surface area contributed by atoms with Crippen LogP contribution in [0, 0.1) is 6.92 Å². The summed E-state index contributed by atoms with van der Waals surface area (Å²) in [5, 5.41) is 10.6. The zero-order chi connectivity index (χ0) is 22.9. The number of rotatable bonds is 4. The molecule has 1 heterocycles. The van der Waals surface area contributed by atoms with Gasteiger partial charge in [0.15, 0.2) is 5.82 Å². The van der Waals surface area contributed by atoms with Crippen molar-refractivity contribution >= 4 is 45.6 Å². The van der Waals surface area contributed by atoms with Crippen LogP contribution in [0.4, 0.5) is 5.69 Å². The van der Waals surface area contributed by atoms with Gasteiger partial charge in [0, 0.05) is 26.7 Å². The lowest BCUT2D eigenvalue weighted by atomic mass is 10.1. The number of halogens is 2. The number of nitrogens with zero attached hydrogens (tertiary/aromatic N) is 3. The highest BCUT2D eigenvalue weighted by atomic mass is 35.5. The second-order valence-corrected chi connectivity index (χ2v) is 8.44. The topological polar surface area (TPSA) is 59.8 Å². The Kier molecular flexibility index (Phi) is 5.58. The number of nitrogens with one attached hydrogen (secondary N) is 1. The van der Waals surface area contributed by atoms with Gasteiger partial charge in [-0.3, -0.25) is 4.79 Å². The lowest BCUT2D eigenvalue weighted by molar-refractivity contribution is 0.101. The first-order chi connectivity index (χ1) is 16.0. The molecular formula is C26H18Cl2N4O. The van der Waals surface area contributed by atoms with E-state index in [0.717, 1.165) is 21.9 Å². The molecule has 33 heavy (non-hydrogen) atoms. The van der Waals surface area contributed by atoms with Gasteiger partial charge in [0.05, 0.1) is 5.69 Å². The standard InChI is InChI=1S/C26H18Cl2N4O/c1-16-12-13-20(15-22(16)28)32-25(18-8-4-9-19(27)14-18)30-24(31-32)26(33)29-23-11-5-7-17-6-2-3-10-21(17)23/h2-15H,1H3,(H,29,33). The number of fused-ring (bicyclic) bond motifs is 1. The first-order valence-electron chi connectivity index (χ1n) is 10.3. The van der Waals surface area contributed by atoms with Crippen molar-refractivity contribution < 1.29 is 4.79 Å². The van der Waals surface area contributed by atoms with E-state index in [-0.39, 0.29) is 5.82 Å². The second kappa shape index (κ2) is 8.70. The average Bonchev–Trinajstić information content (AvgIpc) is 3.27. The Labute approximate surface area is 200 Å². The van der Waals surface area contributed by atoms with Gasteiger partial charge >= 0.3 is 0 Å². The number of aromatic nitrogens is 3. The molecule has 0 saturated carbocycles. The summed E-state index contributed by atoms with van der Waals surface area (Å²) in [7, 11) is 0. The molecule has 7 heteroatoms. The first kappa shape index (κ1) is 21.2. The van der Waals surface area contributed by atoms with Gasteiger partial charge in [0.1, 0.15) is 0 Å². The summed E-state index contributed by atoms with van der Waals surface area (Å²) in [5.41, 5.74) is 3.06. The molecule has 0 radical (unpaired) electrons. The van der Waals surface area contributed by atoms with Crippen molar-refractivity contribution in [2.45, 2.75) is 6.92 Å². The molecule has 5 nitrogen and oxygen atoms in total. The van der Waals surface area contributed by atoms with E-state index >= 15 is 0 Å². The zero-order valence-electron chi connectivity index (χ0n) is 17.6. The molecule has 4 aromatic carbocycles. The average molecular weight is 473 g/mol. The fourth-order valence-electron chi connectivity index (χ4n) is 3.63. The molecule has 162 valence electrons. The van der Waals surface area contributed by atoms with E-state index in [2.05, 4.69) is 15.4 Å². The van der Waals surface area contributed by atoms with Crippen molar-refractivity contribution in [3.8, 4) is 17.1 Å². The molecule has 0 unspecified atom stereocenters. The van der Waals surface area contributed by atoms with Crippen molar-refractivity contribution in [2.75, 3.05) is 5.32 Å². The number of benzene rings is 4. The van der Waals surface area contributed by atoms with Crippen molar-refractivity contribution in [2.24, 2.45) is 0 Å². The maximum Gasteiger partial charge on any atom is 0.295 e. The summed E-state index contributed by atoms with van der Waals surface area (Å²) in [6, 6.07) is 26.4. The third-order valence-electron chi connectivity index (χ3n) is 5.33. The first-order valence-corrected chi connectivity index (χ1v) is 11.0. The Morgan fingerprint density at radius 3 is 2.52 bits per heavy atom. The van der Waals surface area contributed by atoms with E-state index in [0.29, 0.717) is 27.2 Å². The summed E-state index contributed by atoms with van der Waals surface area (Å²) >= 11 is 12.6. The highest BCUT2D eigenvalue weighted by Gasteiger charge is 2.20. The third-order valence-corrected chi connectivity index (χ3v) is 5.97. The van der Waals surface area contributed by atoms with Crippen LogP contribution in [-0.4, -0.2) is 20.7 Å². The van der Waals surface area contributed by atoms with Crippen LogP contribution in [0.25, 0.3) is 27.8 Å². The van der Waals surface area contributed by atoms with Gasteiger partial charge in [-0.15, -0.1) is 5.10 Å². The molecule has 5 rings (SSSR count). The van der Waals surface area contributed by atoms with Gasteiger partial charge in [0.25, 0.3) is 5.91 Å². The number of hydrogen-bond acceptors (Lipinski definition) is 3. The molecule has 0 aliphatic rings. The summed E-state index contributed by atoms with van der Waals surface area (Å²) in [4.78, 5) is 17.7. The van der Waals surface area contributed by atoms with Gasteiger partial charge in [-0.1, -0.05) is 77.8 Å². The largest absolute Gasteiger partial charge is 0.319 e. The smallest absolute Gasteiger partial charge is 0.295 e. The van der Waals surface area contributed by atoms with Crippen molar-refractivity contribution in [3.05, 3.63) is 106 Å². The van der Waals surface area contributed by atoms with Gasteiger partial charge in [-0.25, -0.2) is 9.67 Å². The van der Waals surface area contributed by atoms with Crippen LogP contribution >= 0.6 is 23.2 Å². The van der Waals surface area contributed by atoms with Gasteiger partial charge < -0.3 is 5.32 Å². The Hall–Kier alpha value is -3.67. The van der Waals surface area contributed by atoms with Gasteiger partial charge in [-0.05, 0) is 48.2 Å². The van der Waals surface area contributed by atoms with Crippen molar-refractivity contribution in [1.82, 2.24) is 14.8 Å². The maximum atomic E-state index is 13.2. The molecule has 0 bridgehead atoms. The Balaban J connectivity index is 1.59. The SMILES string of the molecule is Cc1ccc(-n2nc(C(=O)Nc3cccc4ccccc34)nc2-c2cccc(Cl)c2)cc1Cl. The van der Waals surface area contributed by atoms with Crippen LogP contribution in [0.2, 0.25) is 10.0 Å². The lowest BCUT2D eigenvalue weighted by Crippen LogP contribution is -2.14. The van der Waals surface area contributed by atoms with Gasteiger partial charge in [-0.2, -0.15) is 0 Å². The Morgan fingerprint density at radius 2 is 1.70 bits per heavy atom. The van der Waals surface area contributed by atoms with Crippen molar-refractivity contribution in [1.29, 1.82) is 0 Å². The van der Waals surface area contributed by atoms with Crippen LogP contribution in [-0.2, 0) is 0 Å². The van der Waals surface area contributed by atoms with E-state index < -0.39 is 5.91 Å². The molecule has 1 amide bonds. The molecule has 0 aliphatic heterocycles. The number of aryl methyl sites for hydroxylation is 1. The third kappa shape index (κ3) is 4.21. The minimum Gasteiger partial charge on any atom is -0.319 e. The predicted octanol–water partition coefficient (Wildman–Crippen LogP) is 6.96. The predicted molar refractivity (Wildman–Crippen MR) is 133 cm³/mol. The van der Waals surface area contributed by atoms with Gasteiger partial charge in [0.2, 0.25) is 5.82 Å². The number of carbonyl (C=O) groups is 1. The molecule has 0 saturated heterocycles. The summed E-state index contributed by atoms with van der Waals surface area (Å²) in [6.45, 7) is 1.92. The summed E-state index contributed by atoms with van der Waals surface area (Å²) < 4.78 is 1.61. The Bertz CT molecular complexity index is 1500. The van der Waals surface area contributed by atoms with E-state index in [1.54, 1.807) is 22.9 Å².